The third-order valence-corrected chi connectivity index (χ3v) is 2.26. The molecule has 0 saturated carbocycles. The second kappa shape index (κ2) is 4.65. The lowest BCUT2D eigenvalue weighted by molar-refractivity contribution is -0.117. The summed E-state index contributed by atoms with van der Waals surface area (Å²) in [5, 5.41) is 10.5. The first-order valence-corrected chi connectivity index (χ1v) is 5.16. The normalized spacial score (nSPS) is 10.2. The van der Waals surface area contributed by atoms with E-state index in [0.29, 0.717) is 5.82 Å². The van der Waals surface area contributed by atoms with Gasteiger partial charge in [0.2, 0.25) is 5.91 Å². The maximum atomic E-state index is 11.7. The van der Waals surface area contributed by atoms with Gasteiger partial charge in [0, 0.05) is 5.69 Å². The molecule has 0 spiro atoms. The van der Waals surface area contributed by atoms with E-state index in [4.69, 9.17) is 5.73 Å². The van der Waals surface area contributed by atoms with Crippen molar-refractivity contribution in [2.45, 2.75) is 13.5 Å². The molecule has 1 heterocycles. The summed E-state index contributed by atoms with van der Waals surface area (Å²) in [4.78, 5) is 12.9. The minimum Gasteiger partial charge on any atom is -0.381 e. The standard InChI is InChI=1S/C11H13N5O/c1-8-4-2-3-5-9(8)14-11(17)7-16-13-6-10(12)15-16/h2-6H,7H2,1H3,(H2,12,15)(H,14,17). The molecule has 0 fully saturated rings. The van der Waals surface area contributed by atoms with Crippen molar-refractivity contribution < 1.29 is 4.79 Å². The van der Waals surface area contributed by atoms with Crippen LogP contribution in [0.4, 0.5) is 11.5 Å². The summed E-state index contributed by atoms with van der Waals surface area (Å²) >= 11 is 0. The molecular formula is C11H13N5O. The van der Waals surface area contributed by atoms with Gasteiger partial charge in [-0.2, -0.15) is 9.90 Å². The number of aromatic nitrogens is 3. The number of amides is 1. The van der Waals surface area contributed by atoms with Crippen molar-refractivity contribution >= 4 is 17.4 Å². The van der Waals surface area contributed by atoms with Crippen LogP contribution in [0.25, 0.3) is 0 Å². The van der Waals surface area contributed by atoms with Gasteiger partial charge in [0.1, 0.15) is 6.54 Å². The Labute approximate surface area is 98.4 Å². The quantitative estimate of drug-likeness (QED) is 0.818. The van der Waals surface area contributed by atoms with E-state index in [0.717, 1.165) is 11.3 Å². The zero-order valence-electron chi connectivity index (χ0n) is 9.42. The molecule has 0 aliphatic rings. The van der Waals surface area contributed by atoms with Gasteiger partial charge in [0.25, 0.3) is 0 Å². The first-order valence-electron chi connectivity index (χ1n) is 5.16. The summed E-state index contributed by atoms with van der Waals surface area (Å²) in [5.74, 6) is 0.114. The van der Waals surface area contributed by atoms with Crippen LogP contribution in [0.1, 0.15) is 5.56 Å². The second-order valence-electron chi connectivity index (χ2n) is 3.66. The van der Waals surface area contributed by atoms with Crippen molar-refractivity contribution in [3.8, 4) is 0 Å². The van der Waals surface area contributed by atoms with E-state index in [9.17, 15) is 4.79 Å². The summed E-state index contributed by atoms with van der Waals surface area (Å²) in [7, 11) is 0. The first-order chi connectivity index (χ1) is 8.15. The van der Waals surface area contributed by atoms with Crippen molar-refractivity contribution in [1.82, 2.24) is 15.0 Å². The Hall–Kier alpha value is -2.37. The van der Waals surface area contributed by atoms with Crippen LogP contribution in [0.2, 0.25) is 0 Å². The molecule has 0 aliphatic heterocycles. The summed E-state index contributed by atoms with van der Waals surface area (Å²) in [6, 6.07) is 7.56. The number of nitrogens with one attached hydrogen (secondary N) is 1. The second-order valence-corrected chi connectivity index (χ2v) is 3.66. The largest absolute Gasteiger partial charge is 0.381 e. The number of benzene rings is 1. The summed E-state index contributed by atoms with van der Waals surface area (Å²) < 4.78 is 0. The van der Waals surface area contributed by atoms with E-state index < -0.39 is 0 Å². The molecule has 2 aromatic rings. The zero-order valence-corrected chi connectivity index (χ0v) is 9.42. The molecular weight excluding hydrogens is 218 g/mol. The van der Waals surface area contributed by atoms with E-state index in [-0.39, 0.29) is 12.5 Å². The number of carbonyl (C=O) groups excluding carboxylic acids is 1. The molecule has 0 unspecified atom stereocenters. The fourth-order valence-electron chi connectivity index (χ4n) is 1.42. The minimum absolute atomic E-state index is 0.0472. The summed E-state index contributed by atoms with van der Waals surface area (Å²) in [5.41, 5.74) is 7.20. The van der Waals surface area contributed by atoms with Gasteiger partial charge in [0.15, 0.2) is 5.82 Å². The average molecular weight is 231 g/mol. The Morgan fingerprint density at radius 2 is 2.24 bits per heavy atom. The van der Waals surface area contributed by atoms with Gasteiger partial charge >= 0.3 is 0 Å². The van der Waals surface area contributed by atoms with Crippen LogP contribution in [-0.2, 0) is 11.3 Å². The zero-order chi connectivity index (χ0) is 12.3. The van der Waals surface area contributed by atoms with Crippen molar-refractivity contribution in [2.24, 2.45) is 0 Å². The number of carbonyl (C=O) groups is 1. The number of rotatable bonds is 3. The molecule has 2 rings (SSSR count). The highest BCUT2D eigenvalue weighted by atomic mass is 16.2. The Morgan fingerprint density at radius 1 is 1.47 bits per heavy atom. The highest BCUT2D eigenvalue weighted by Crippen LogP contribution is 2.12. The van der Waals surface area contributed by atoms with E-state index >= 15 is 0 Å². The molecule has 17 heavy (non-hydrogen) atoms. The highest BCUT2D eigenvalue weighted by molar-refractivity contribution is 5.91. The summed E-state index contributed by atoms with van der Waals surface area (Å²) in [6.45, 7) is 1.98. The molecule has 88 valence electrons. The van der Waals surface area contributed by atoms with Crippen LogP contribution in [0, 0.1) is 6.92 Å². The van der Waals surface area contributed by atoms with Gasteiger partial charge in [-0.25, -0.2) is 0 Å². The molecule has 0 radical (unpaired) electrons. The number of para-hydroxylation sites is 1. The molecule has 0 bridgehead atoms. The smallest absolute Gasteiger partial charge is 0.247 e. The lowest BCUT2D eigenvalue weighted by Gasteiger charge is -2.07. The Morgan fingerprint density at radius 3 is 2.88 bits per heavy atom. The number of hydrogen-bond acceptors (Lipinski definition) is 4. The molecule has 0 saturated heterocycles. The summed E-state index contributed by atoms with van der Waals surface area (Å²) in [6.07, 6.45) is 1.40. The molecule has 0 atom stereocenters. The molecule has 1 aromatic heterocycles. The van der Waals surface area contributed by atoms with Crippen LogP contribution in [-0.4, -0.2) is 20.9 Å². The lowest BCUT2D eigenvalue weighted by atomic mass is 10.2. The SMILES string of the molecule is Cc1ccccc1NC(=O)Cn1ncc(N)n1. The van der Waals surface area contributed by atoms with Crippen molar-refractivity contribution in [1.29, 1.82) is 0 Å². The molecule has 0 aliphatic carbocycles. The average Bonchev–Trinajstić information content (AvgIpc) is 2.67. The van der Waals surface area contributed by atoms with Crippen LogP contribution in [0.3, 0.4) is 0 Å². The van der Waals surface area contributed by atoms with Crippen LogP contribution < -0.4 is 11.1 Å². The van der Waals surface area contributed by atoms with Gasteiger partial charge in [0.05, 0.1) is 6.20 Å². The highest BCUT2D eigenvalue weighted by Gasteiger charge is 2.06. The maximum absolute atomic E-state index is 11.7. The molecule has 6 nitrogen and oxygen atoms in total. The van der Waals surface area contributed by atoms with Crippen LogP contribution in [0.15, 0.2) is 30.5 Å². The number of nitrogens with zero attached hydrogens (tertiary/aromatic N) is 3. The Bertz CT molecular complexity index is 534. The van der Waals surface area contributed by atoms with Crippen LogP contribution in [0.5, 0.6) is 0 Å². The molecule has 6 heteroatoms. The van der Waals surface area contributed by atoms with Gasteiger partial charge in [-0.3, -0.25) is 4.79 Å². The van der Waals surface area contributed by atoms with Crippen molar-refractivity contribution in [2.75, 3.05) is 11.1 Å². The van der Waals surface area contributed by atoms with Gasteiger partial charge in [-0.15, -0.1) is 5.10 Å². The predicted molar refractivity (Wildman–Crippen MR) is 64.2 cm³/mol. The van der Waals surface area contributed by atoms with E-state index in [1.54, 1.807) is 0 Å². The molecule has 3 N–H and O–H groups in total. The lowest BCUT2D eigenvalue weighted by Crippen LogP contribution is -2.20. The minimum atomic E-state index is -0.185. The fraction of sp³-hybridized carbons (Fsp3) is 0.182. The predicted octanol–water partition coefficient (Wildman–Crippen LogP) is 0.807. The third kappa shape index (κ3) is 2.81. The number of nitrogens with two attached hydrogens (primary N) is 1. The van der Waals surface area contributed by atoms with Crippen molar-refractivity contribution in [3.63, 3.8) is 0 Å². The number of hydrogen-bond donors (Lipinski definition) is 2. The van der Waals surface area contributed by atoms with Gasteiger partial charge < -0.3 is 11.1 Å². The van der Waals surface area contributed by atoms with E-state index in [1.165, 1.54) is 11.0 Å². The fourth-order valence-corrected chi connectivity index (χ4v) is 1.42. The van der Waals surface area contributed by atoms with E-state index in [2.05, 4.69) is 15.5 Å². The van der Waals surface area contributed by atoms with Crippen LogP contribution >= 0.6 is 0 Å². The monoisotopic (exact) mass is 231 g/mol. The Kier molecular flexibility index (Phi) is 3.04. The van der Waals surface area contributed by atoms with Gasteiger partial charge in [-0.05, 0) is 18.6 Å². The number of aryl methyl sites for hydroxylation is 1. The van der Waals surface area contributed by atoms with E-state index in [1.807, 2.05) is 31.2 Å². The molecule has 1 aromatic carbocycles. The van der Waals surface area contributed by atoms with Gasteiger partial charge in [-0.1, -0.05) is 18.2 Å². The Balaban J connectivity index is 2.01. The third-order valence-electron chi connectivity index (χ3n) is 2.26. The maximum Gasteiger partial charge on any atom is 0.247 e. The number of anilines is 2. The topological polar surface area (TPSA) is 85.8 Å². The number of nitrogen functional groups attached to an aromatic ring is 1. The molecule has 1 amide bonds. The first kappa shape index (κ1) is 11.1. The van der Waals surface area contributed by atoms with Crippen molar-refractivity contribution in [3.05, 3.63) is 36.0 Å².